The predicted octanol–water partition coefficient (Wildman–Crippen LogP) is 4.95. The first-order chi connectivity index (χ1) is 13.0. The van der Waals surface area contributed by atoms with Gasteiger partial charge in [-0.15, -0.1) is 0 Å². The van der Waals surface area contributed by atoms with Gasteiger partial charge in [-0.2, -0.15) is 5.26 Å². The highest BCUT2D eigenvalue weighted by Gasteiger charge is 2.14. The molecule has 0 aliphatic carbocycles. The Morgan fingerprint density at radius 1 is 1.04 bits per heavy atom. The van der Waals surface area contributed by atoms with Gasteiger partial charge in [0.2, 0.25) is 0 Å². The first kappa shape index (κ1) is 18.2. The molecule has 1 aromatic heterocycles. The van der Waals surface area contributed by atoms with Crippen LogP contribution in [-0.4, -0.2) is 10.5 Å². The number of hydrogen-bond acceptors (Lipinski definition) is 2. The van der Waals surface area contributed by atoms with Gasteiger partial charge in [-0.3, -0.25) is 4.79 Å². The summed E-state index contributed by atoms with van der Waals surface area (Å²) in [5.41, 5.74) is 5.72. The van der Waals surface area contributed by atoms with Crippen molar-refractivity contribution in [1.82, 2.24) is 4.57 Å². The molecule has 4 heteroatoms. The van der Waals surface area contributed by atoms with Gasteiger partial charge >= 0.3 is 0 Å². The van der Waals surface area contributed by atoms with E-state index in [1.54, 1.807) is 12.1 Å². The third kappa shape index (κ3) is 3.99. The smallest absolute Gasteiger partial charge is 0.266 e. The summed E-state index contributed by atoms with van der Waals surface area (Å²) < 4.78 is 2.11. The number of rotatable bonds is 4. The fourth-order valence-electron chi connectivity index (χ4n) is 3.13. The number of anilines is 1. The highest BCUT2D eigenvalue weighted by Crippen LogP contribution is 2.23. The number of aromatic nitrogens is 1. The largest absolute Gasteiger partial charge is 0.321 e. The summed E-state index contributed by atoms with van der Waals surface area (Å²) in [6.07, 6.45) is 1.65. The van der Waals surface area contributed by atoms with Crippen LogP contribution in [0, 0.1) is 32.1 Å². The second-order valence-electron chi connectivity index (χ2n) is 6.49. The van der Waals surface area contributed by atoms with Gasteiger partial charge in [-0.1, -0.05) is 30.3 Å². The fraction of sp³-hybridized carbons (Fsp3) is 0.130. The molecule has 2 aromatic carbocycles. The minimum Gasteiger partial charge on any atom is -0.321 e. The van der Waals surface area contributed by atoms with Gasteiger partial charge in [0.1, 0.15) is 11.6 Å². The topological polar surface area (TPSA) is 57.8 Å². The number of hydrogen-bond donors (Lipinski definition) is 1. The van der Waals surface area contributed by atoms with Crippen molar-refractivity contribution in [3.05, 3.63) is 88.8 Å². The number of benzene rings is 2. The van der Waals surface area contributed by atoms with Crippen LogP contribution in [0.4, 0.5) is 5.69 Å². The molecule has 0 unspecified atom stereocenters. The summed E-state index contributed by atoms with van der Waals surface area (Å²) in [7, 11) is 0. The number of nitriles is 1. The maximum Gasteiger partial charge on any atom is 0.266 e. The number of para-hydroxylation sites is 1. The Kier molecular flexibility index (Phi) is 5.23. The molecule has 0 bridgehead atoms. The lowest BCUT2D eigenvalue weighted by Crippen LogP contribution is -2.13. The van der Waals surface area contributed by atoms with E-state index in [1.807, 2.05) is 81.4 Å². The molecule has 1 heterocycles. The average Bonchev–Trinajstić information content (AvgIpc) is 2.93. The van der Waals surface area contributed by atoms with E-state index in [9.17, 15) is 10.1 Å². The Labute approximate surface area is 159 Å². The van der Waals surface area contributed by atoms with Crippen molar-refractivity contribution in [3.8, 4) is 11.8 Å². The van der Waals surface area contributed by atoms with Crippen molar-refractivity contribution in [3.63, 3.8) is 0 Å². The zero-order valence-electron chi connectivity index (χ0n) is 15.7. The van der Waals surface area contributed by atoms with E-state index in [2.05, 4.69) is 9.88 Å². The minimum atomic E-state index is -0.410. The Hall–Kier alpha value is -3.58. The Morgan fingerprint density at radius 2 is 1.78 bits per heavy atom. The van der Waals surface area contributed by atoms with Crippen LogP contribution in [0.2, 0.25) is 0 Å². The molecule has 4 nitrogen and oxygen atoms in total. The monoisotopic (exact) mass is 355 g/mol. The molecule has 1 N–H and O–H groups in total. The van der Waals surface area contributed by atoms with Gasteiger partial charge in [-0.25, -0.2) is 0 Å². The number of amides is 1. The molecule has 3 rings (SSSR count). The van der Waals surface area contributed by atoms with Crippen LogP contribution in [0.1, 0.15) is 22.5 Å². The molecular weight excluding hydrogens is 334 g/mol. The Morgan fingerprint density at radius 3 is 2.44 bits per heavy atom. The zero-order valence-corrected chi connectivity index (χ0v) is 15.7. The number of nitrogens with zero attached hydrogens (tertiary/aromatic N) is 2. The molecule has 0 saturated carbocycles. The molecule has 0 fully saturated rings. The molecule has 0 aliphatic rings. The summed E-state index contributed by atoms with van der Waals surface area (Å²) in [6, 6.07) is 21.5. The first-order valence-electron chi connectivity index (χ1n) is 8.74. The molecule has 27 heavy (non-hydrogen) atoms. The summed E-state index contributed by atoms with van der Waals surface area (Å²) >= 11 is 0. The highest BCUT2D eigenvalue weighted by molar-refractivity contribution is 6.09. The van der Waals surface area contributed by atoms with Gasteiger partial charge in [-0.05, 0) is 68.3 Å². The second kappa shape index (κ2) is 7.76. The van der Waals surface area contributed by atoms with E-state index < -0.39 is 5.91 Å². The Bertz CT molecular complexity index is 1050. The van der Waals surface area contributed by atoms with Crippen molar-refractivity contribution >= 4 is 17.7 Å². The zero-order chi connectivity index (χ0) is 19.4. The molecule has 0 radical (unpaired) electrons. The summed E-state index contributed by atoms with van der Waals surface area (Å²) in [4.78, 5) is 12.5. The standard InChI is InChI=1S/C23H21N3O/c1-16-8-7-9-21(12-16)25-23(27)20(15-24)14-19-13-17(2)26(18(19)3)22-10-5-4-6-11-22/h4-14H,1-3H3,(H,25,27)/b20-14+. The summed E-state index contributed by atoms with van der Waals surface area (Å²) in [5, 5.41) is 12.3. The summed E-state index contributed by atoms with van der Waals surface area (Å²) in [5.74, 6) is -0.410. The van der Waals surface area contributed by atoms with Crippen molar-refractivity contribution < 1.29 is 4.79 Å². The van der Waals surface area contributed by atoms with Crippen LogP contribution in [0.5, 0.6) is 0 Å². The van der Waals surface area contributed by atoms with Gasteiger partial charge in [0.25, 0.3) is 5.91 Å². The third-order valence-electron chi connectivity index (χ3n) is 4.43. The SMILES string of the molecule is Cc1cccc(NC(=O)/C(C#N)=C/c2cc(C)n(-c3ccccc3)c2C)c1. The van der Waals surface area contributed by atoms with E-state index in [0.29, 0.717) is 5.69 Å². The molecule has 0 atom stereocenters. The maximum absolute atomic E-state index is 12.5. The van der Waals surface area contributed by atoms with Crippen LogP contribution in [0.15, 0.2) is 66.2 Å². The van der Waals surface area contributed by atoms with E-state index in [1.165, 1.54) is 0 Å². The van der Waals surface area contributed by atoms with Crippen LogP contribution in [0.25, 0.3) is 11.8 Å². The molecular formula is C23H21N3O. The molecule has 0 aliphatic heterocycles. The lowest BCUT2D eigenvalue weighted by atomic mass is 10.1. The number of nitrogens with one attached hydrogen (secondary N) is 1. The van der Waals surface area contributed by atoms with Crippen LogP contribution >= 0.6 is 0 Å². The van der Waals surface area contributed by atoms with Crippen molar-refractivity contribution in [1.29, 1.82) is 5.26 Å². The molecule has 0 spiro atoms. The van der Waals surface area contributed by atoms with Crippen LogP contribution < -0.4 is 5.32 Å². The van der Waals surface area contributed by atoms with E-state index in [0.717, 1.165) is 28.2 Å². The van der Waals surface area contributed by atoms with Gasteiger partial charge in [0, 0.05) is 22.8 Å². The highest BCUT2D eigenvalue weighted by atomic mass is 16.1. The minimum absolute atomic E-state index is 0.0739. The quantitative estimate of drug-likeness (QED) is 0.532. The summed E-state index contributed by atoms with van der Waals surface area (Å²) in [6.45, 7) is 5.95. The fourth-order valence-corrected chi connectivity index (χ4v) is 3.13. The predicted molar refractivity (Wildman–Crippen MR) is 109 cm³/mol. The van der Waals surface area contributed by atoms with Crippen LogP contribution in [0.3, 0.4) is 0 Å². The lowest BCUT2D eigenvalue weighted by molar-refractivity contribution is -0.112. The second-order valence-corrected chi connectivity index (χ2v) is 6.49. The lowest BCUT2D eigenvalue weighted by Gasteiger charge is -2.09. The van der Waals surface area contributed by atoms with Gasteiger partial charge < -0.3 is 9.88 Å². The number of aryl methyl sites for hydroxylation is 2. The molecule has 3 aromatic rings. The maximum atomic E-state index is 12.5. The van der Waals surface area contributed by atoms with Crippen molar-refractivity contribution in [2.75, 3.05) is 5.32 Å². The number of carbonyl (C=O) groups is 1. The molecule has 134 valence electrons. The third-order valence-corrected chi connectivity index (χ3v) is 4.43. The van der Waals surface area contributed by atoms with Gasteiger partial charge in [0.05, 0.1) is 0 Å². The van der Waals surface area contributed by atoms with E-state index in [-0.39, 0.29) is 5.57 Å². The van der Waals surface area contributed by atoms with Crippen LogP contribution in [-0.2, 0) is 4.79 Å². The number of carbonyl (C=O) groups excluding carboxylic acids is 1. The first-order valence-corrected chi connectivity index (χ1v) is 8.74. The van der Waals surface area contributed by atoms with E-state index >= 15 is 0 Å². The Balaban J connectivity index is 1.92. The molecule has 1 amide bonds. The van der Waals surface area contributed by atoms with Crippen molar-refractivity contribution in [2.24, 2.45) is 0 Å². The molecule has 0 saturated heterocycles. The average molecular weight is 355 g/mol. The normalized spacial score (nSPS) is 11.1. The van der Waals surface area contributed by atoms with Crippen molar-refractivity contribution in [2.45, 2.75) is 20.8 Å². The van der Waals surface area contributed by atoms with Gasteiger partial charge in [0.15, 0.2) is 0 Å². The van der Waals surface area contributed by atoms with E-state index in [4.69, 9.17) is 0 Å².